The van der Waals surface area contributed by atoms with Crippen LogP contribution in [0.3, 0.4) is 0 Å². The van der Waals surface area contributed by atoms with Crippen molar-refractivity contribution in [2.24, 2.45) is 0 Å². The van der Waals surface area contributed by atoms with Gasteiger partial charge in [-0.15, -0.1) is 0 Å². The predicted molar refractivity (Wildman–Crippen MR) is 139 cm³/mol. The van der Waals surface area contributed by atoms with Crippen LogP contribution in [0.2, 0.25) is 0 Å². The summed E-state index contributed by atoms with van der Waals surface area (Å²) in [6.07, 6.45) is 1.67. The highest BCUT2D eigenvalue weighted by Gasteiger charge is 2.38. The maximum absolute atomic E-state index is 10.8. The molecule has 0 aliphatic heterocycles. The summed E-state index contributed by atoms with van der Waals surface area (Å²) in [6, 6.07) is 20.0. The molecule has 32 heavy (non-hydrogen) atoms. The van der Waals surface area contributed by atoms with E-state index < -0.39 is 5.41 Å². The molecule has 2 aromatic rings. The summed E-state index contributed by atoms with van der Waals surface area (Å²) in [5.41, 5.74) is 0.648. The highest BCUT2D eigenvalue weighted by Crippen LogP contribution is 2.39. The lowest BCUT2D eigenvalue weighted by atomic mass is 9.72. The second-order valence-corrected chi connectivity index (χ2v) is 10.6. The fraction of sp³-hybridized carbons (Fsp3) is 0.621. The first-order chi connectivity index (χ1) is 15.0. The first-order valence-corrected chi connectivity index (χ1v) is 12.5. The van der Waals surface area contributed by atoms with Crippen LogP contribution >= 0.6 is 0 Å². The number of nitriles is 1. The third-order valence-electron chi connectivity index (χ3n) is 6.99. The molecule has 2 atom stereocenters. The van der Waals surface area contributed by atoms with Gasteiger partial charge in [-0.2, -0.15) is 5.26 Å². The Labute approximate surface area is 197 Å². The molecule has 0 aliphatic rings. The van der Waals surface area contributed by atoms with Gasteiger partial charge in [0.25, 0.3) is 0 Å². The summed E-state index contributed by atoms with van der Waals surface area (Å²) < 4.78 is 0. The van der Waals surface area contributed by atoms with Crippen molar-refractivity contribution in [3.8, 4) is 6.07 Å². The molecule has 0 bridgehead atoms. The van der Waals surface area contributed by atoms with E-state index in [9.17, 15) is 5.26 Å². The third-order valence-corrected chi connectivity index (χ3v) is 6.99. The van der Waals surface area contributed by atoms with E-state index in [1.807, 2.05) is 0 Å². The second-order valence-electron chi connectivity index (χ2n) is 10.6. The van der Waals surface area contributed by atoms with E-state index in [1.54, 1.807) is 0 Å². The van der Waals surface area contributed by atoms with Gasteiger partial charge in [0.05, 0.1) is 11.5 Å². The Morgan fingerprint density at radius 2 is 1.34 bits per heavy atom. The molecule has 2 rings (SSSR count). The maximum Gasteiger partial charge on any atom is 0.0855 e. The molecule has 0 N–H and O–H groups in total. The summed E-state index contributed by atoms with van der Waals surface area (Å²) in [4.78, 5) is 5.07. The quantitative estimate of drug-likeness (QED) is 0.380. The van der Waals surface area contributed by atoms with Crippen LogP contribution in [0.4, 0.5) is 0 Å². The van der Waals surface area contributed by atoms with Crippen LogP contribution < -0.4 is 0 Å². The molecule has 3 heteroatoms. The zero-order valence-corrected chi connectivity index (χ0v) is 21.9. The van der Waals surface area contributed by atoms with E-state index >= 15 is 0 Å². The number of benzene rings is 2. The number of nitrogens with zero attached hydrogens (tertiary/aromatic N) is 3. The van der Waals surface area contributed by atoms with Gasteiger partial charge in [0.2, 0.25) is 0 Å². The Kier molecular flexibility index (Phi) is 9.31. The molecular weight excluding hydrogens is 390 g/mol. The molecule has 2 aromatic carbocycles. The highest BCUT2D eigenvalue weighted by molar-refractivity contribution is 5.87. The lowest BCUT2D eigenvalue weighted by Gasteiger charge is -2.41. The van der Waals surface area contributed by atoms with Crippen LogP contribution in [0, 0.1) is 11.3 Å². The lowest BCUT2D eigenvalue weighted by Crippen LogP contribution is -2.47. The molecule has 3 nitrogen and oxygen atoms in total. The Balaban J connectivity index is 2.57. The molecule has 0 saturated heterocycles. The number of hydrogen-bond donors (Lipinski definition) is 0. The number of hydrogen-bond acceptors (Lipinski definition) is 3. The van der Waals surface area contributed by atoms with Gasteiger partial charge >= 0.3 is 0 Å². The van der Waals surface area contributed by atoms with Gasteiger partial charge in [0.15, 0.2) is 0 Å². The number of rotatable bonds is 11. The van der Waals surface area contributed by atoms with E-state index in [0.717, 1.165) is 19.4 Å². The zero-order valence-electron chi connectivity index (χ0n) is 21.9. The minimum atomic E-state index is -0.537. The minimum absolute atomic E-state index is 0.306. The fourth-order valence-corrected chi connectivity index (χ4v) is 5.81. The molecule has 0 aliphatic carbocycles. The van der Waals surface area contributed by atoms with Crippen LogP contribution in [0.1, 0.15) is 80.7 Å². The molecule has 0 fully saturated rings. The van der Waals surface area contributed by atoms with Crippen molar-refractivity contribution in [3.05, 3.63) is 48.0 Å². The van der Waals surface area contributed by atoms with Crippen molar-refractivity contribution < 1.29 is 0 Å². The van der Waals surface area contributed by atoms with Gasteiger partial charge in [-0.25, -0.2) is 0 Å². The Morgan fingerprint density at radius 1 is 0.781 bits per heavy atom. The Hall–Kier alpha value is -1.89. The van der Waals surface area contributed by atoms with Crippen molar-refractivity contribution in [2.75, 3.05) is 6.54 Å². The van der Waals surface area contributed by atoms with E-state index in [0.29, 0.717) is 30.2 Å². The first-order valence-electron chi connectivity index (χ1n) is 12.5. The predicted octanol–water partition coefficient (Wildman–Crippen LogP) is 7.01. The van der Waals surface area contributed by atoms with Crippen LogP contribution in [0.5, 0.6) is 0 Å². The molecule has 2 unspecified atom stereocenters. The molecule has 0 heterocycles. The molecule has 0 radical (unpaired) electrons. The summed E-state index contributed by atoms with van der Waals surface area (Å²) in [7, 11) is 0. The van der Waals surface area contributed by atoms with Gasteiger partial charge in [-0.05, 0) is 91.5 Å². The highest BCUT2D eigenvalue weighted by atomic mass is 15.2. The van der Waals surface area contributed by atoms with Crippen molar-refractivity contribution in [1.82, 2.24) is 9.80 Å². The average Bonchev–Trinajstić information content (AvgIpc) is 2.71. The summed E-state index contributed by atoms with van der Waals surface area (Å²) in [6.45, 7) is 21.3. The Bertz CT molecular complexity index is 871. The van der Waals surface area contributed by atoms with Gasteiger partial charge in [-0.1, -0.05) is 42.5 Å². The summed E-state index contributed by atoms with van der Waals surface area (Å²) in [5, 5.41) is 13.2. The first kappa shape index (κ1) is 26.4. The van der Waals surface area contributed by atoms with Crippen molar-refractivity contribution in [3.63, 3.8) is 0 Å². The van der Waals surface area contributed by atoms with Gasteiger partial charge in [-0.3, -0.25) is 9.80 Å². The second kappa shape index (κ2) is 11.3. The van der Waals surface area contributed by atoms with E-state index in [2.05, 4.69) is 121 Å². The van der Waals surface area contributed by atoms with Crippen LogP contribution in [-0.2, 0) is 5.41 Å². The average molecular weight is 436 g/mol. The standard InChI is InChI=1S/C29H45N3/c1-21(2)31(22(3)4)18-17-29(20-30,19-25(9)32(23(5)6)24(7)8)28-16-12-14-26-13-10-11-15-27(26)28/h10-16,21-25H,17-19H2,1-9H3. The van der Waals surface area contributed by atoms with E-state index in [-0.39, 0.29) is 0 Å². The SMILES string of the molecule is CC(C)N(CCC(C#N)(CC(C)N(C(C)C)C(C)C)c1cccc2ccccc12)C(C)C. The van der Waals surface area contributed by atoms with Crippen molar-refractivity contribution in [2.45, 2.75) is 111 Å². The summed E-state index contributed by atoms with van der Waals surface area (Å²) >= 11 is 0. The van der Waals surface area contributed by atoms with Gasteiger partial charge in [0, 0.05) is 36.8 Å². The molecule has 0 spiro atoms. The molecule has 0 saturated carbocycles. The van der Waals surface area contributed by atoms with Crippen molar-refractivity contribution in [1.29, 1.82) is 5.26 Å². The molecule has 0 amide bonds. The molecular formula is C29H45N3. The van der Waals surface area contributed by atoms with Crippen LogP contribution in [0.15, 0.2) is 42.5 Å². The van der Waals surface area contributed by atoms with Crippen molar-refractivity contribution >= 4 is 10.8 Å². The smallest absolute Gasteiger partial charge is 0.0855 e. The monoisotopic (exact) mass is 435 g/mol. The summed E-state index contributed by atoms with van der Waals surface area (Å²) in [5.74, 6) is 0. The zero-order chi connectivity index (χ0) is 24.1. The number of fused-ring (bicyclic) bond motifs is 1. The van der Waals surface area contributed by atoms with Crippen LogP contribution in [-0.4, -0.2) is 46.6 Å². The van der Waals surface area contributed by atoms with Crippen LogP contribution in [0.25, 0.3) is 10.8 Å². The topological polar surface area (TPSA) is 30.3 Å². The molecule has 0 aromatic heterocycles. The van der Waals surface area contributed by atoms with E-state index in [4.69, 9.17) is 0 Å². The lowest BCUT2D eigenvalue weighted by molar-refractivity contribution is 0.0984. The van der Waals surface area contributed by atoms with E-state index in [1.165, 1.54) is 16.3 Å². The largest absolute Gasteiger partial charge is 0.298 e. The normalized spacial score (nSPS) is 15.3. The third kappa shape index (κ3) is 5.91. The molecule has 176 valence electrons. The van der Waals surface area contributed by atoms with Gasteiger partial charge < -0.3 is 0 Å². The minimum Gasteiger partial charge on any atom is -0.298 e. The Morgan fingerprint density at radius 3 is 1.88 bits per heavy atom. The fourth-order valence-electron chi connectivity index (χ4n) is 5.81. The maximum atomic E-state index is 10.8. The van der Waals surface area contributed by atoms with Gasteiger partial charge in [0.1, 0.15) is 0 Å².